The molecule has 0 rings (SSSR count). The second-order valence-electron chi connectivity index (χ2n) is 5.26. The second-order valence-corrected chi connectivity index (χ2v) is 5.26. The standard InChI is InChI=1S/C16H29N3O2/c1-6-19(7-2)10-8-9-12(3)14(5)16(21)18-11-13(4)15(17)20/h11-12H,5-10H2,1-4H3,(H2,17,20)(H,18,21). The van der Waals surface area contributed by atoms with Crippen LogP contribution in [0.3, 0.4) is 0 Å². The summed E-state index contributed by atoms with van der Waals surface area (Å²) in [6.45, 7) is 14.8. The quantitative estimate of drug-likeness (QED) is 0.604. The van der Waals surface area contributed by atoms with Gasteiger partial charge < -0.3 is 16.0 Å². The number of rotatable bonds is 10. The summed E-state index contributed by atoms with van der Waals surface area (Å²) >= 11 is 0. The van der Waals surface area contributed by atoms with Gasteiger partial charge in [-0.05, 0) is 45.3 Å². The van der Waals surface area contributed by atoms with Crippen LogP contribution in [0, 0.1) is 5.92 Å². The molecule has 0 bridgehead atoms. The number of nitrogens with one attached hydrogen (secondary N) is 1. The predicted molar refractivity (Wildman–Crippen MR) is 86.4 cm³/mol. The highest BCUT2D eigenvalue weighted by atomic mass is 16.2. The molecule has 0 aliphatic rings. The highest BCUT2D eigenvalue weighted by Gasteiger charge is 2.14. The molecule has 0 aromatic carbocycles. The number of nitrogens with zero attached hydrogens (tertiary/aromatic N) is 1. The van der Waals surface area contributed by atoms with Crippen molar-refractivity contribution in [2.75, 3.05) is 19.6 Å². The van der Waals surface area contributed by atoms with Crippen LogP contribution in [0.5, 0.6) is 0 Å². The molecule has 0 spiro atoms. The van der Waals surface area contributed by atoms with Crippen molar-refractivity contribution in [3.63, 3.8) is 0 Å². The molecule has 0 aliphatic heterocycles. The van der Waals surface area contributed by atoms with Gasteiger partial charge in [0.15, 0.2) is 0 Å². The van der Waals surface area contributed by atoms with Crippen LogP contribution in [0.25, 0.3) is 0 Å². The lowest BCUT2D eigenvalue weighted by molar-refractivity contribution is -0.117. The van der Waals surface area contributed by atoms with Crippen LogP contribution >= 0.6 is 0 Å². The lowest BCUT2D eigenvalue weighted by Crippen LogP contribution is -2.26. The molecule has 120 valence electrons. The topological polar surface area (TPSA) is 75.4 Å². The molecule has 0 aromatic heterocycles. The van der Waals surface area contributed by atoms with E-state index in [1.165, 1.54) is 6.20 Å². The molecule has 0 radical (unpaired) electrons. The van der Waals surface area contributed by atoms with E-state index in [2.05, 4.69) is 30.6 Å². The smallest absolute Gasteiger partial charge is 0.250 e. The van der Waals surface area contributed by atoms with E-state index in [1.54, 1.807) is 6.92 Å². The normalized spacial score (nSPS) is 13.1. The first-order valence-corrected chi connectivity index (χ1v) is 7.51. The molecule has 2 amide bonds. The maximum Gasteiger partial charge on any atom is 0.250 e. The third-order valence-corrected chi connectivity index (χ3v) is 3.70. The second kappa shape index (κ2) is 10.2. The van der Waals surface area contributed by atoms with Crippen molar-refractivity contribution in [2.24, 2.45) is 11.7 Å². The average molecular weight is 295 g/mol. The van der Waals surface area contributed by atoms with Gasteiger partial charge in [-0.1, -0.05) is 27.4 Å². The van der Waals surface area contributed by atoms with Crippen molar-refractivity contribution in [1.29, 1.82) is 0 Å². The first-order valence-electron chi connectivity index (χ1n) is 7.51. The van der Waals surface area contributed by atoms with Crippen molar-refractivity contribution in [1.82, 2.24) is 10.2 Å². The van der Waals surface area contributed by atoms with E-state index in [1.807, 2.05) is 6.92 Å². The number of hydrogen-bond acceptors (Lipinski definition) is 3. The van der Waals surface area contributed by atoms with Crippen molar-refractivity contribution < 1.29 is 9.59 Å². The molecule has 1 atom stereocenters. The largest absolute Gasteiger partial charge is 0.366 e. The molecule has 0 heterocycles. The number of amides is 2. The van der Waals surface area contributed by atoms with Crippen LogP contribution in [0.1, 0.15) is 40.5 Å². The Morgan fingerprint density at radius 3 is 2.38 bits per heavy atom. The van der Waals surface area contributed by atoms with Crippen LogP contribution in [0.15, 0.2) is 23.9 Å². The summed E-state index contributed by atoms with van der Waals surface area (Å²) in [7, 11) is 0. The maximum atomic E-state index is 11.9. The fourth-order valence-electron chi connectivity index (χ4n) is 1.90. The molecule has 21 heavy (non-hydrogen) atoms. The predicted octanol–water partition coefficient (Wildman–Crippen LogP) is 1.81. The van der Waals surface area contributed by atoms with Gasteiger partial charge >= 0.3 is 0 Å². The Morgan fingerprint density at radius 1 is 1.33 bits per heavy atom. The fourth-order valence-corrected chi connectivity index (χ4v) is 1.90. The van der Waals surface area contributed by atoms with Crippen molar-refractivity contribution in [3.8, 4) is 0 Å². The number of nitrogens with two attached hydrogens (primary N) is 1. The zero-order valence-electron chi connectivity index (χ0n) is 13.7. The van der Waals surface area contributed by atoms with E-state index in [-0.39, 0.29) is 11.8 Å². The number of carbonyl (C=O) groups is 2. The van der Waals surface area contributed by atoms with E-state index in [4.69, 9.17) is 5.73 Å². The minimum absolute atomic E-state index is 0.114. The molecular weight excluding hydrogens is 266 g/mol. The van der Waals surface area contributed by atoms with Gasteiger partial charge in [0.05, 0.1) is 0 Å². The lowest BCUT2D eigenvalue weighted by Gasteiger charge is -2.19. The number of carbonyl (C=O) groups excluding carboxylic acids is 2. The molecule has 5 heteroatoms. The molecule has 5 nitrogen and oxygen atoms in total. The Balaban J connectivity index is 4.22. The van der Waals surface area contributed by atoms with Crippen LogP contribution < -0.4 is 11.1 Å². The van der Waals surface area contributed by atoms with Gasteiger partial charge in [0, 0.05) is 17.3 Å². The fraction of sp³-hybridized carbons (Fsp3) is 0.625. The molecular formula is C16H29N3O2. The van der Waals surface area contributed by atoms with Crippen LogP contribution in [0.2, 0.25) is 0 Å². The SMILES string of the molecule is C=C(C(=O)NC=C(C)C(N)=O)C(C)CCCN(CC)CC. The molecule has 3 N–H and O–H groups in total. The molecule has 0 saturated carbocycles. The van der Waals surface area contributed by atoms with Gasteiger partial charge in [-0.2, -0.15) is 0 Å². The minimum Gasteiger partial charge on any atom is -0.366 e. The van der Waals surface area contributed by atoms with Gasteiger partial charge in [-0.25, -0.2) is 0 Å². The molecule has 1 unspecified atom stereocenters. The summed E-state index contributed by atoms with van der Waals surface area (Å²) in [6, 6.07) is 0. The third-order valence-electron chi connectivity index (χ3n) is 3.70. The van der Waals surface area contributed by atoms with Gasteiger partial charge in [0.1, 0.15) is 0 Å². The maximum absolute atomic E-state index is 11.9. The van der Waals surface area contributed by atoms with E-state index >= 15 is 0 Å². The van der Waals surface area contributed by atoms with Gasteiger partial charge in [0.25, 0.3) is 5.91 Å². The van der Waals surface area contributed by atoms with Crippen molar-refractivity contribution in [3.05, 3.63) is 23.9 Å². The van der Waals surface area contributed by atoms with Crippen molar-refractivity contribution >= 4 is 11.8 Å². The van der Waals surface area contributed by atoms with E-state index < -0.39 is 5.91 Å². The summed E-state index contributed by atoms with van der Waals surface area (Å²) in [5.74, 6) is -0.693. The highest BCUT2D eigenvalue weighted by Crippen LogP contribution is 2.15. The summed E-state index contributed by atoms with van der Waals surface area (Å²) in [4.78, 5) is 25.1. The number of hydrogen-bond donors (Lipinski definition) is 2. The zero-order valence-corrected chi connectivity index (χ0v) is 13.7. The molecule has 0 saturated heterocycles. The monoisotopic (exact) mass is 295 g/mol. The Kier molecular flexibility index (Phi) is 9.37. The first-order chi connectivity index (χ1) is 9.83. The van der Waals surface area contributed by atoms with Gasteiger partial charge in [-0.3, -0.25) is 9.59 Å². The molecule has 0 aromatic rings. The Morgan fingerprint density at radius 2 is 1.90 bits per heavy atom. The summed E-state index contributed by atoms with van der Waals surface area (Å²) in [6.07, 6.45) is 3.28. The van der Waals surface area contributed by atoms with Crippen molar-refractivity contribution in [2.45, 2.75) is 40.5 Å². The zero-order chi connectivity index (χ0) is 16.4. The van der Waals surface area contributed by atoms with Crippen LogP contribution in [0.4, 0.5) is 0 Å². The first kappa shape index (κ1) is 19.4. The lowest BCUT2D eigenvalue weighted by atomic mass is 9.96. The third kappa shape index (κ3) is 7.66. The minimum atomic E-state index is -0.548. The summed E-state index contributed by atoms with van der Waals surface area (Å²) in [5.41, 5.74) is 5.93. The van der Waals surface area contributed by atoms with Crippen LogP contribution in [-0.4, -0.2) is 36.3 Å². The highest BCUT2D eigenvalue weighted by molar-refractivity contribution is 5.96. The molecule has 0 aliphatic carbocycles. The van der Waals surface area contributed by atoms with E-state index in [0.717, 1.165) is 32.5 Å². The number of primary amides is 1. The Labute approximate surface area is 128 Å². The Hall–Kier alpha value is -1.62. The average Bonchev–Trinajstić information content (AvgIpc) is 2.47. The van der Waals surface area contributed by atoms with Gasteiger partial charge in [0.2, 0.25) is 5.91 Å². The van der Waals surface area contributed by atoms with E-state index in [9.17, 15) is 9.59 Å². The summed E-state index contributed by atoms with van der Waals surface area (Å²) in [5, 5.41) is 2.55. The Bertz CT molecular complexity index is 398. The van der Waals surface area contributed by atoms with Crippen LogP contribution in [-0.2, 0) is 9.59 Å². The molecule has 0 fully saturated rings. The van der Waals surface area contributed by atoms with E-state index in [0.29, 0.717) is 11.1 Å². The van der Waals surface area contributed by atoms with Gasteiger partial charge in [-0.15, -0.1) is 0 Å². The summed E-state index contributed by atoms with van der Waals surface area (Å²) < 4.78 is 0.